The van der Waals surface area contributed by atoms with Crippen LogP contribution in [0.15, 0.2) is 16.8 Å². The summed E-state index contributed by atoms with van der Waals surface area (Å²) in [5.74, 6) is 0.276. The zero-order chi connectivity index (χ0) is 11.4. The quantitative estimate of drug-likeness (QED) is 0.917. The SMILES string of the molecule is Cl.NC1CCN(C(=O)CCc2ccsc2)CC1. The highest BCUT2D eigenvalue weighted by Crippen LogP contribution is 2.12. The lowest BCUT2D eigenvalue weighted by Gasteiger charge is -2.30. The van der Waals surface area contributed by atoms with E-state index in [1.807, 2.05) is 4.90 Å². The van der Waals surface area contributed by atoms with Gasteiger partial charge in [-0.25, -0.2) is 0 Å². The molecule has 0 spiro atoms. The van der Waals surface area contributed by atoms with Gasteiger partial charge in [0.15, 0.2) is 0 Å². The van der Waals surface area contributed by atoms with Gasteiger partial charge in [0.05, 0.1) is 0 Å². The van der Waals surface area contributed by atoms with Crippen LogP contribution in [0.3, 0.4) is 0 Å². The molecule has 1 aliphatic rings. The fourth-order valence-corrected chi connectivity index (χ4v) is 2.70. The molecule has 2 rings (SSSR count). The third-order valence-electron chi connectivity index (χ3n) is 3.10. The first-order chi connectivity index (χ1) is 7.75. The predicted octanol–water partition coefficient (Wildman–Crippen LogP) is 2.05. The summed E-state index contributed by atoms with van der Waals surface area (Å²) in [6, 6.07) is 2.38. The highest BCUT2D eigenvalue weighted by molar-refractivity contribution is 7.07. The van der Waals surface area contributed by atoms with Crippen LogP contribution in [0.1, 0.15) is 24.8 Å². The van der Waals surface area contributed by atoms with E-state index < -0.39 is 0 Å². The van der Waals surface area contributed by atoms with Crippen LogP contribution in [0.5, 0.6) is 0 Å². The predicted molar refractivity (Wildman–Crippen MR) is 73.7 cm³/mol. The smallest absolute Gasteiger partial charge is 0.222 e. The average Bonchev–Trinajstić information content (AvgIpc) is 2.80. The minimum atomic E-state index is 0. The molecule has 1 saturated heterocycles. The molecule has 3 nitrogen and oxygen atoms in total. The molecule has 0 aromatic carbocycles. The summed E-state index contributed by atoms with van der Waals surface area (Å²) >= 11 is 1.69. The van der Waals surface area contributed by atoms with Crippen molar-refractivity contribution in [1.29, 1.82) is 0 Å². The van der Waals surface area contributed by atoms with Crippen molar-refractivity contribution in [3.63, 3.8) is 0 Å². The van der Waals surface area contributed by atoms with Crippen molar-refractivity contribution in [3.8, 4) is 0 Å². The number of aryl methyl sites for hydroxylation is 1. The van der Waals surface area contributed by atoms with E-state index in [2.05, 4.69) is 16.8 Å². The fraction of sp³-hybridized carbons (Fsp3) is 0.583. The Morgan fingerprint density at radius 3 is 2.76 bits per heavy atom. The standard InChI is InChI=1S/C12H18N2OS.ClH/c13-11-3-6-14(7-4-11)12(15)2-1-10-5-8-16-9-10;/h5,8-9,11H,1-4,6-7,13H2;1H. The maximum absolute atomic E-state index is 11.9. The number of hydrogen-bond donors (Lipinski definition) is 1. The Kier molecular flexibility index (Phi) is 5.95. The van der Waals surface area contributed by atoms with Gasteiger partial charge in [0.25, 0.3) is 0 Å². The molecule has 1 aromatic rings. The molecule has 0 aliphatic carbocycles. The summed E-state index contributed by atoms with van der Waals surface area (Å²) < 4.78 is 0. The molecule has 0 unspecified atom stereocenters. The first kappa shape index (κ1) is 14.5. The number of amides is 1. The number of rotatable bonds is 3. The van der Waals surface area contributed by atoms with E-state index in [0.717, 1.165) is 32.4 Å². The second kappa shape index (κ2) is 6.99. The van der Waals surface area contributed by atoms with E-state index in [1.54, 1.807) is 11.3 Å². The number of carbonyl (C=O) groups is 1. The Balaban J connectivity index is 0.00000144. The maximum atomic E-state index is 11.9. The monoisotopic (exact) mass is 274 g/mol. The zero-order valence-electron chi connectivity index (χ0n) is 9.80. The van der Waals surface area contributed by atoms with E-state index in [0.29, 0.717) is 12.5 Å². The minimum absolute atomic E-state index is 0. The van der Waals surface area contributed by atoms with E-state index in [-0.39, 0.29) is 18.3 Å². The second-order valence-electron chi connectivity index (χ2n) is 4.35. The van der Waals surface area contributed by atoms with Crippen LogP contribution in [0.25, 0.3) is 0 Å². The van der Waals surface area contributed by atoms with Gasteiger partial charge in [-0.05, 0) is 41.7 Å². The van der Waals surface area contributed by atoms with Gasteiger partial charge in [-0.2, -0.15) is 11.3 Å². The number of carbonyl (C=O) groups excluding carboxylic acids is 1. The third kappa shape index (κ3) is 4.30. The molecule has 0 atom stereocenters. The van der Waals surface area contributed by atoms with Crippen LogP contribution in [0.4, 0.5) is 0 Å². The summed E-state index contributed by atoms with van der Waals surface area (Å²) in [5.41, 5.74) is 7.08. The molecule has 1 fully saturated rings. The fourth-order valence-electron chi connectivity index (χ4n) is 1.99. The summed E-state index contributed by atoms with van der Waals surface area (Å²) in [5, 5.41) is 4.17. The van der Waals surface area contributed by atoms with Crippen molar-refractivity contribution in [2.75, 3.05) is 13.1 Å². The lowest BCUT2D eigenvalue weighted by atomic mass is 10.1. The van der Waals surface area contributed by atoms with Gasteiger partial charge in [0, 0.05) is 25.6 Å². The van der Waals surface area contributed by atoms with Crippen molar-refractivity contribution >= 4 is 29.7 Å². The molecule has 0 bridgehead atoms. The Hall–Kier alpha value is -0.580. The lowest BCUT2D eigenvalue weighted by Crippen LogP contribution is -2.42. The van der Waals surface area contributed by atoms with Crippen LogP contribution in [0.2, 0.25) is 0 Å². The number of thiophene rings is 1. The number of piperidine rings is 1. The molecular formula is C12H19ClN2OS. The zero-order valence-corrected chi connectivity index (χ0v) is 11.4. The van der Waals surface area contributed by atoms with Crippen LogP contribution in [-0.4, -0.2) is 29.9 Å². The molecule has 0 radical (unpaired) electrons. The van der Waals surface area contributed by atoms with E-state index >= 15 is 0 Å². The topological polar surface area (TPSA) is 46.3 Å². The number of likely N-dealkylation sites (tertiary alicyclic amines) is 1. The van der Waals surface area contributed by atoms with Crippen LogP contribution >= 0.6 is 23.7 Å². The first-order valence-corrected chi connectivity index (χ1v) is 6.74. The summed E-state index contributed by atoms with van der Waals surface area (Å²) in [6.45, 7) is 1.67. The van der Waals surface area contributed by atoms with Gasteiger partial charge in [-0.15, -0.1) is 12.4 Å². The van der Waals surface area contributed by atoms with Gasteiger partial charge in [0.2, 0.25) is 5.91 Å². The molecule has 2 heterocycles. The second-order valence-corrected chi connectivity index (χ2v) is 5.13. The van der Waals surface area contributed by atoms with E-state index in [4.69, 9.17) is 5.73 Å². The Labute approximate surface area is 112 Å². The molecule has 1 aliphatic heterocycles. The van der Waals surface area contributed by atoms with Crippen LogP contribution in [-0.2, 0) is 11.2 Å². The van der Waals surface area contributed by atoms with E-state index in [1.165, 1.54) is 5.56 Å². The number of nitrogens with zero attached hydrogens (tertiary/aromatic N) is 1. The summed E-state index contributed by atoms with van der Waals surface area (Å²) in [7, 11) is 0. The molecule has 96 valence electrons. The largest absolute Gasteiger partial charge is 0.343 e. The molecule has 1 amide bonds. The highest BCUT2D eigenvalue weighted by atomic mass is 35.5. The van der Waals surface area contributed by atoms with Gasteiger partial charge in [-0.3, -0.25) is 4.79 Å². The maximum Gasteiger partial charge on any atom is 0.222 e. The van der Waals surface area contributed by atoms with Crippen molar-refractivity contribution in [1.82, 2.24) is 4.90 Å². The van der Waals surface area contributed by atoms with Crippen molar-refractivity contribution in [2.24, 2.45) is 5.73 Å². The Bertz CT molecular complexity index is 334. The van der Waals surface area contributed by atoms with E-state index in [9.17, 15) is 4.79 Å². The number of hydrogen-bond acceptors (Lipinski definition) is 3. The molecule has 2 N–H and O–H groups in total. The van der Waals surface area contributed by atoms with Crippen LogP contribution in [0, 0.1) is 0 Å². The summed E-state index contributed by atoms with van der Waals surface area (Å²) in [6.07, 6.45) is 3.39. The average molecular weight is 275 g/mol. The van der Waals surface area contributed by atoms with Gasteiger partial charge < -0.3 is 10.6 Å². The van der Waals surface area contributed by atoms with Crippen molar-refractivity contribution in [3.05, 3.63) is 22.4 Å². The molecular weight excluding hydrogens is 256 g/mol. The molecule has 5 heteroatoms. The van der Waals surface area contributed by atoms with Crippen molar-refractivity contribution in [2.45, 2.75) is 31.7 Å². The number of halogens is 1. The van der Waals surface area contributed by atoms with Gasteiger partial charge in [-0.1, -0.05) is 0 Å². The summed E-state index contributed by atoms with van der Waals surface area (Å²) in [4.78, 5) is 13.8. The van der Waals surface area contributed by atoms with Gasteiger partial charge in [0.1, 0.15) is 0 Å². The lowest BCUT2D eigenvalue weighted by molar-refractivity contribution is -0.132. The normalized spacial score (nSPS) is 16.6. The minimum Gasteiger partial charge on any atom is -0.343 e. The van der Waals surface area contributed by atoms with Gasteiger partial charge >= 0.3 is 0 Å². The third-order valence-corrected chi connectivity index (χ3v) is 3.83. The van der Waals surface area contributed by atoms with Crippen molar-refractivity contribution < 1.29 is 4.79 Å². The number of nitrogens with two attached hydrogens (primary N) is 1. The Morgan fingerprint density at radius 2 is 2.18 bits per heavy atom. The molecule has 0 saturated carbocycles. The highest BCUT2D eigenvalue weighted by Gasteiger charge is 2.19. The molecule has 1 aromatic heterocycles. The van der Waals surface area contributed by atoms with Crippen LogP contribution < -0.4 is 5.73 Å². The first-order valence-electron chi connectivity index (χ1n) is 5.80. The Morgan fingerprint density at radius 1 is 1.47 bits per heavy atom. The molecule has 17 heavy (non-hydrogen) atoms.